The van der Waals surface area contributed by atoms with Gasteiger partial charge < -0.3 is 4.90 Å². The van der Waals surface area contributed by atoms with Gasteiger partial charge in [-0.05, 0) is 25.0 Å². The zero-order valence-corrected chi connectivity index (χ0v) is 10.8. The zero-order chi connectivity index (χ0) is 13.2. The van der Waals surface area contributed by atoms with Crippen molar-refractivity contribution in [3.05, 3.63) is 23.9 Å². The van der Waals surface area contributed by atoms with Crippen LogP contribution in [0.2, 0.25) is 0 Å². The molecule has 2 aliphatic rings. The second-order valence-electron chi connectivity index (χ2n) is 5.08. The molecular weight excluding hydrogens is 236 g/mol. The highest BCUT2D eigenvalue weighted by Gasteiger charge is 2.37. The van der Waals surface area contributed by atoms with Crippen LogP contribution in [-0.2, 0) is 0 Å². The molecule has 0 N–H and O–H groups in total. The summed E-state index contributed by atoms with van der Waals surface area (Å²) in [5.41, 5.74) is 0.655. The Bertz CT molecular complexity index is 554. The number of hydrogen-bond acceptors (Lipinski definition) is 4. The van der Waals surface area contributed by atoms with Gasteiger partial charge in [-0.3, -0.25) is 4.90 Å². The summed E-state index contributed by atoms with van der Waals surface area (Å²) in [6, 6.07) is 6.66. The number of fused-ring (bicyclic) bond motifs is 1. The van der Waals surface area contributed by atoms with E-state index < -0.39 is 0 Å². The zero-order valence-electron chi connectivity index (χ0n) is 10.8. The highest BCUT2D eigenvalue weighted by Crippen LogP contribution is 2.29. The first kappa shape index (κ1) is 12.0. The molecule has 2 saturated heterocycles. The van der Waals surface area contributed by atoms with Gasteiger partial charge in [0.15, 0.2) is 0 Å². The molecule has 2 atom stereocenters. The third kappa shape index (κ3) is 2.05. The average molecular weight is 252 g/mol. The van der Waals surface area contributed by atoms with Crippen LogP contribution in [-0.4, -0.2) is 41.6 Å². The Hall–Kier alpha value is -2.04. The molecule has 0 aliphatic carbocycles. The van der Waals surface area contributed by atoms with Gasteiger partial charge in [0.05, 0.1) is 11.6 Å². The number of anilines is 1. The van der Waals surface area contributed by atoms with Crippen LogP contribution in [0.25, 0.3) is 0 Å². The number of hydrogen-bond donors (Lipinski definition) is 0. The van der Waals surface area contributed by atoms with Crippen molar-refractivity contribution in [2.24, 2.45) is 0 Å². The second-order valence-corrected chi connectivity index (χ2v) is 5.08. The summed E-state index contributed by atoms with van der Waals surface area (Å²) in [6.45, 7) is 2.77. The molecule has 0 aromatic carbocycles. The molecule has 19 heavy (non-hydrogen) atoms. The van der Waals surface area contributed by atoms with Crippen molar-refractivity contribution in [2.75, 3.05) is 24.5 Å². The second kappa shape index (κ2) is 4.91. The molecule has 0 saturated carbocycles. The fourth-order valence-electron chi connectivity index (χ4n) is 3.16. The van der Waals surface area contributed by atoms with Crippen LogP contribution in [0.1, 0.15) is 18.4 Å². The van der Waals surface area contributed by atoms with E-state index in [1.807, 2.05) is 12.1 Å². The van der Waals surface area contributed by atoms with Gasteiger partial charge in [0, 0.05) is 31.9 Å². The van der Waals surface area contributed by atoms with Gasteiger partial charge in [-0.15, -0.1) is 6.42 Å². The summed E-state index contributed by atoms with van der Waals surface area (Å²) in [4.78, 5) is 9.01. The molecule has 2 fully saturated rings. The molecule has 1 aromatic heterocycles. The molecule has 3 rings (SSSR count). The number of nitrogens with zero attached hydrogens (tertiary/aromatic N) is 4. The monoisotopic (exact) mass is 252 g/mol. The van der Waals surface area contributed by atoms with Gasteiger partial charge in [0.2, 0.25) is 0 Å². The first-order valence-corrected chi connectivity index (χ1v) is 6.65. The van der Waals surface area contributed by atoms with E-state index in [9.17, 15) is 0 Å². The molecule has 2 aliphatic heterocycles. The van der Waals surface area contributed by atoms with E-state index in [1.54, 1.807) is 6.20 Å². The molecule has 0 spiro atoms. The molecule has 0 radical (unpaired) electrons. The summed E-state index contributed by atoms with van der Waals surface area (Å²) >= 11 is 0. The van der Waals surface area contributed by atoms with Gasteiger partial charge in [-0.25, -0.2) is 4.98 Å². The van der Waals surface area contributed by atoms with Gasteiger partial charge in [0.1, 0.15) is 11.9 Å². The van der Waals surface area contributed by atoms with Crippen molar-refractivity contribution in [3.63, 3.8) is 0 Å². The predicted octanol–water partition coefficient (Wildman–Crippen LogP) is 1.24. The lowest BCUT2D eigenvalue weighted by atomic mass is 10.1. The average Bonchev–Trinajstić information content (AvgIpc) is 2.89. The number of terminal acetylenes is 1. The number of rotatable bonds is 1. The molecular formula is C15H16N4. The highest BCUT2D eigenvalue weighted by molar-refractivity contribution is 5.54. The van der Waals surface area contributed by atoms with Crippen molar-refractivity contribution in [1.29, 1.82) is 5.26 Å². The summed E-state index contributed by atoms with van der Waals surface area (Å²) in [5.74, 6) is 3.69. The topological polar surface area (TPSA) is 43.2 Å². The van der Waals surface area contributed by atoms with Crippen molar-refractivity contribution in [3.8, 4) is 18.4 Å². The Balaban J connectivity index is 1.80. The normalized spacial score (nSPS) is 26.5. The maximum atomic E-state index is 9.16. The minimum atomic E-state index is 0.298. The van der Waals surface area contributed by atoms with E-state index in [0.29, 0.717) is 17.6 Å². The van der Waals surface area contributed by atoms with Crippen LogP contribution >= 0.6 is 0 Å². The summed E-state index contributed by atoms with van der Waals surface area (Å²) in [5, 5.41) is 9.16. The van der Waals surface area contributed by atoms with E-state index in [2.05, 4.69) is 26.8 Å². The largest absolute Gasteiger partial charge is 0.353 e. The molecule has 4 heteroatoms. The maximum Gasteiger partial charge on any atom is 0.146 e. The van der Waals surface area contributed by atoms with E-state index in [4.69, 9.17) is 11.7 Å². The van der Waals surface area contributed by atoms with Crippen molar-refractivity contribution < 1.29 is 0 Å². The Kier molecular flexibility index (Phi) is 3.11. The summed E-state index contributed by atoms with van der Waals surface area (Å²) in [6.07, 6.45) is 9.55. The van der Waals surface area contributed by atoms with E-state index in [-0.39, 0.29) is 0 Å². The molecule has 1 aromatic rings. The fraction of sp³-hybridized carbons (Fsp3) is 0.467. The Morgan fingerprint density at radius 2 is 2.26 bits per heavy atom. The van der Waals surface area contributed by atoms with Crippen LogP contribution < -0.4 is 4.90 Å². The quantitative estimate of drug-likeness (QED) is 0.705. The molecule has 0 amide bonds. The lowest BCUT2D eigenvalue weighted by molar-refractivity contribution is 0.203. The van der Waals surface area contributed by atoms with E-state index in [0.717, 1.165) is 38.3 Å². The molecule has 3 heterocycles. The SMILES string of the molecule is C#C[C@H]1CC[C@H]2CN(c3ncccc3C#N)CCN21. The number of piperazine rings is 1. The smallest absolute Gasteiger partial charge is 0.146 e. The van der Waals surface area contributed by atoms with Crippen molar-refractivity contribution in [1.82, 2.24) is 9.88 Å². The molecule has 0 unspecified atom stereocenters. The molecule has 0 bridgehead atoms. The van der Waals surface area contributed by atoms with Gasteiger partial charge in [-0.2, -0.15) is 5.26 Å². The Morgan fingerprint density at radius 3 is 3.05 bits per heavy atom. The van der Waals surface area contributed by atoms with Crippen LogP contribution in [0.15, 0.2) is 18.3 Å². The summed E-state index contributed by atoms with van der Waals surface area (Å²) in [7, 11) is 0. The van der Waals surface area contributed by atoms with E-state index >= 15 is 0 Å². The van der Waals surface area contributed by atoms with Gasteiger partial charge >= 0.3 is 0 Å². The Labute approximate surface area is 113 Å². The number of aromatic nitrogens is 1. The van der Waals surface area contributed by atoms with E-state index in [1.165, 1.54) is 0 Å². The predicted molar refractivity (Wildman–Crippen MR) is 73.5 cm³/mol. The standard InChI is InChI=1S/C15H16N4/c1-2-13-5-6-14-11-18(8-9-19(13)14)15-12(10-16)4-3-7-17-15/h1,3-4,7,13-14H,5-6,8-9,11H2/t13-,14-/m0/s1. The maximum absolute atomic E-state index is 9.16. The van der Waals surface area contributed by atoms with Crippen molar-refractivity contribution >= 4 is 5.82 Å². The highest BCUT2D eigenvalue weighted by atomic mass is 15.3. The first-order chi connectivity index (χ1) is 9.33. The van der Waals surface area contributed by atoms with Crippen molar-refractivity contribution in [2.45, 2.75) is 24.9 Å². The number of pyridine rings is 1. The lowest BCUT2D eigenvalue weighted by Crippen LogP contribution is -2.52. The van der Waals surface area contributed by atoms with Gasteiger partial charge in [-0.1, -0.05) is 5.92 Å². The van der Waals surface area contributed by atoms with Crippen LogP contribution in [0.5, 0.6) is 0 Å². The fourth-order valence-corrected chi connectivity index (χ4v) is 3.16. The minimum absolute atomic E-state index is 0.298. The van der Waals surface area contributed by atoms with Crippen LogP contribution in [0.4, 0.5) is 5.82 Å². The first-order valence-electron chi connectivity index (χ1n) is 6.65. The van der Waals surface area contributed by atoms with Crippen LogP contribution in [0.3, 0.4) is 0 Å². The van der Waals surface area contributed by atoms with Crippen LogP contribution in [0, 0.1) is 23.7 Å². The van der Waals surface area contributed by atoms with Gasteiger partial charge in [0.25, 0.3) is 0 Å². The Morgan fingerprint density at radius 1 is 1.37 bits per heavy atom. The minimum Gasteiger partial charge on any atom is -0.353 e. The molecule has 96 valence electrons. The molecule has 4 nitrogen and oxygen atoms in total. The summed E-state index contributed by atoms with van der Waals surface area (Å²) < 4.78 is 0. The third-order valence-electron chi connectivity index (χ3n) is 4.10. The third-order valence-corrected chi connectivity index (χ3v) is 4.10. The number of nitriles is 1. The lowest BCUT2D eigenvalue weighted by Gasteiger charge is -2.39.